The van der Waals surface area contributed by atoms with Gasteiger partial charge in [-0.2, -0.15) is 0 Å². The van der Waals surface area contributed by atoms with E-state index in [0.29, 0.717) is 34.1 Å². The average molecular weight is 414 g/mol. The van der Waals surface area contributed by atoms with E-state index in [-0.39, 0.29) is 16.5 Å². The lowest BCUT2D eigenvalue weighted by Crippen LogP contribution is -1.97. The Morgan fingerprint density at radius 1 is 1.07 bits per heavy atom. The van der Waals surface area contributed by atoms with Gasteiger partial charge >= 0.3 is 0 Å². The standard InChI is InChI=1S/C21H16ClNO6/c1-27-20-9-4-13(12-21(20)28-2)18(24)8-5-15-6-10-19(29-15)14-3-7-16(22)17(11-14)23(25)26/h3-12H,1-2H3. The minimum absolute atomic E-state index is 0.0472. The Kier molecular flexibility index (Phi) is 5.99. The van der Waals surface area contributed by atoms with Gasteiger partial charge in [0, 0.05) is 17.2 Å². The van der Waals surface area contributed by atoms with E-state index in [2.05, 4.69) is 0 Å². The second kappa shape index (κ2) is 8.62. The summed E-state index contributed by atoms with van der Waals surface area (Å²) in [7, 11) is 3.01. The highest BCUT2D eigenvalue weighted by Crippen LogP contribution is 2.31. The quantitative estimate of drug-likeness (QED) is 0.222. The molecule has 8 heteroatoms. The number of methoxy groups -OCH3 is 2. The van der Waals surface area contributed by atoms with Crippen molar-refractivity contribution in [3.63, 3.8) is 0 Å². The highest BCUT2D eigenvalue weighted by atomic mass is 35.5. The predicted octanol–water partition coefficient (Wildman–Crippen LogP) is 5.42. The number of ether oxygens (including phenoxy) is 2. The molecule has 0 bridgehead atoms. The number of allylic oxidation sites excluding steroid dienone is 1. The summed E-state index contributed by atoms with van der Waals surface area (Å²) in [5.41, 5.74) is 0.729. The number of benzene rings is 2. The van der Waals surface area contributed by atoms with E-state index in [1.54, 1.807) is 36.4 Å². The summed E-state index contributed by atoms with van der Waals surface area (Å²) in [6.45, 7) is 0. The maximum atomic E-state index is 12.4. The maximum absolute atomic E-state index is 12.4. The van der Waals surface area contributed by atoms with Crippen molar-refractivity contribution in [2.75, 3.05) is 14.2 Å². The lowest BCUT2D eigenvalue weighted by molar-refractivity contribution is -0.384. The van der Waals surface area contributed by atoms with Crippen molar-refractivity contribution in [1.29, 1.82) is 0 Å². The second-order valence-electron chi connectivity index (χ2n) is 5.89. The average Bonchev–Trinajstić information content (AvgIpc) is 3.20. The molecule has 0 amide bonds. The van der Waals surface area contributed by atoms with Crippen molar-refractivity contribution < 1.29 is 23.6 Å². The van der Waals surface area contributed by atoms with E-state index in [9.17, 15) is 14.9 Å². The van der Waals surface area contributed by atoms with Gasteiger partial charge < -0.3 is 13.9 Å². The van der Waals surface area contributed by atoms with Crippen LogP contribution in [0.1, 0.15) is 16.1 Å². The van der Waals surface area contributed by atoms with Crippen LogP contribution in [0, 0.1) is 10.1 Å². The zero-order valence-corrected chi connectivity index (χ0v) is 16.3. The number of carbonyl (C=O) groups is 1. The summed E-state index contributed by atoms with van der Waals surface area (Å²) >= 11 is 5.83. The number of hydrogen-bond donors (Lipinski definition) is 0. The van der Waals surface area contributed by atoms with Gasteiger partial charge in [-0.1, -0.05) is 11.6 Å². The topological polar surface area (TPSA) is 91.8 Å². The zero-order chi connectivity index (χ0) is 21.0. The van der Waals surface area contributed by atoms with Gasteiger partial charge in [0.05, 0.1) is 19.1 Å². The molecule has 0 aliphatic rings. The molecule has 0 fully saturated rings. The first kappa shape index (κ1) is 20.2. The first-order valence-corrected chi connectivity index (χ1v) is 8.79. The van der Waals surface area contributed by atoms with Crippen LogP contribution in [0.4, 0.5) is 5.69 Å². The van der Waals surface area contributed by atoms with Gasteiger partial charge in [0.25, 0.3) is 5.69 Å². The lowest BCUT2D eigenvalue weighted by atomic mass is 10.1. The molecule has 0 spiro atoms. The highest BCUT2D eigenvalue weighted by Gasteiger charge is 2.15. The Bertz CT molecular complexity index is 1100. The van der Waals surface area contributed by atoms with Gasteiger partial charge in [-0.05, 0) is 54.6 Å². The molecule has 3 rings (SSSR count). The van der Waals surface area contributed by atoms with Crippen LogP contribution in [-0.2, 0) is 0 Å². The van der Waals surface area contributed by atoms with Crippen molar-refractivity contribution in [2.45, 2.75) is 0 Å². The van der Waals surface area contributed by atoms with Crippen LogP contribution in [0.5, 0.6) is 11.5 Å². The van der Waals surface area contributed by atoms with Crippen LogP contribution in [0.2, 0.25) is 5.02 Å². The fourth-order valence-electron chi connectivity index (χ4n) is 2.65. The molecule has 0 radical (unpaired) electrons. The minimum Gasteiger partial charge on any atom is -0.493 e. The monoisotopic (exact) mass is 413 g/mol. The molecule has 29 heavy (non-hydrogen) atoms. The third-order valence-electron chi connectivity index (χ3n) is 4.12. The first-order chi connectivity index (χ1) is 13.9. The molecule has 0 saturated heterocycles. The Labute approximate surface area is 171 Å². The van der Waals surface area contributed by atoms with Crippen molar-refractivity contribution in [1.82, 2.24) is 0 Å². The summed E-state index contributed by atoms with van der Waals surface area (Å²) < 4.78 is 16.0. The number of nitro groups is 1. The number of halogens is 1. The number of rotatable bonds is 7. The zero-order valence-electron chi connectivity index (χ0n) is 15.5. The lowest BCUT2D eigenvalue weighted by Gasteiger charge is -2.07. The summed E-state index contributed by atoms with van der Waals surface area (Å²) in [5.74, 6) is 1.58. The highest BCUT2D eigenvalue weighted by molar-refractivity contribution is 6.32. The Hall–Kier alpha value is -3.58. The van der Waals surface area contributed by atoms with Gasteiger partial charge in [-0.3, -0.25) is 14.9 Å². The van der Waals surface area contributed by atoms with E-state index in [1.807, 2.05) is 0 Å². The van der Waals surface area contributed by atoms with Crippen LogP contribution < -0.4 is 9.47 Å². The van der Waals surface area contributed by atoms with Crippen LogP contribution in [0.25, 0.3) is 17.4 Å². The van der Waals surface area contributed by atoms with Crippen LogP contribution in [-0.4, -0.2) is 24.9 Å². The van der Waals surface area contributed by atoms with Crippen molar-refractivity contribution in [3.8, 4) is 22.8 Å². The molecular weight excluding hydrogens is 398 g/mol. The first-order valence-electron chi connectivity index (χ1n) is 8.41. The third kappa shape index (κ3) is 4.47. The van der Waals surface area contributed by atoms with Gasteiger partial charge in [-0.25, -0.2) is 0 Å². The van der Waals surface area contributed by atoms with E-state index in [0.717, 1.165) is 0 Å². The maximum Gasteiger partial charge on any atom is 0.288 e. The smallest absolute Gasteiger partial charge is 0.288 e. The Morgan fingerprint density at radius 2 is 1.83 bits per heavy atom. The number of ketones is 1. The van der Waals surface area contributed by atoms with Crippen LogP contribution in [0.3, 0.4) is 0 Å². The summed E-state index contributed by atoms with van der Waals surface area (Å²) in [6, 6.07) is 12.6. The third-order valence-corrected chi connectivity index (χ3v) is 4.44. The molecule has 0 aliphatic carbocycles. The summed E-state index contributed by atoms with van der Waals surface area (Å²) in [5, 5.41) is 11.1. The number of furan rings is 1. The normalized spacial score (nSPS) is 10.9. The molecule has 2 aromatic carbocycles. The minimum atomic E-state index is -0.558. The summed E-state index contributed by atoms with van der Waals surface area (Å²) in [4.78, 5) is 22.9. The SMILES string of the molecule is COc1ccc(C(=O)C=Cc2ccc(-c3ccc(Cl)c([N+](=O)[O-])c3)o2)cc1OC. The van der Waals surface area contributed by atoms with Gasteiger partial charge in [0.1, 0.15) is 16.5 Å². The fourth-order valence-corrected chi connectivity index (χ4v) is 2.83. The molecule has 0 aliphatic heterocycles. The Morgan fingerprint density at radius 3 is 2.52 bits per heavy atom. The molecule has 0 unspecified atom stereocenters. The molecule has 0 atom stereocenters. The molecule has 0 saturated carbocycles. The molecular formula is C21H16ClNO6. The molecule has 3 aromatic rings. The number of nitrogens with zero attached hydrogens (tertiary/aromatic N) is 1. The molecule has 0 N–H and O–H groups in total. The number of hydrogen-bond acceptors (Lipinski definition) is 6. The number of nitro benzene ring substituents is 1. The van der Waals surface area contributed by atoms with E-state index in [1.165, 1.54) is 38.5 Å². The van der Waals surface area contributed by atoms with Crippen molar-refractivity contribution in [2.24, 2.45) is 0 Å². The number of carbonyl (C=O) groups excluding carboxylic acids is 1. The van der Waals surface area contributed by atoms with Crippen molar-refractivity contribution >= 4 is 29.1 Å². The molecule has 148 valence electrons. The van der Waals surface area contributed by atoms with Crippen molar-refractivity contribution in [3.05, 3.63) is 81.1 Å². The largest absolute Gasteiger partial charge is 0.493 e. The van der Waals surface area contributed by atoms with Crippen LogP contribution in [0.15, 0.2) is 59.0 Å². The van der Waals surface area contributed by atoms with E-state index < -0.39 is 4.92 Å². The van der Waals surface area contributed by atoms with Gasteiger partial charge in [0.2, 0.25) is 0 Å². The molecule has 7 nitrogen and oxygen atoms in total. The predicted molar refractivity (Wildman–Crippen MR) is 109 cm³/mol. The van der Waals surface area contributed by atoms with Crippen LogP contribution >= 0.6 is 11.6 Å². The fraction of sp³-hybridized carbons (Fsp3) is 0.0952. The molecule has 1 aromatic heterocycles. The Balaban J connectivity index is 1.80. The van der Waals surface area contributed by atoms with E-state index in [4.69, 9.17) is 25.5 Å². The van der Waals surface area contributed by atoms with Gasteiger partial charge in [-0.15, -0.1) is 0 Å². The summed E-state index contributed by atoms with van der Waals surface area (Å²) in [6.07, 6.45) is 2.89. The second-order valence-corrected chi connectivity index (χ2v) is 6.30. The molecule has 1 heterocycles. The van der Waals surface area contributed by atoms with Gasteiger partial charge in [0.15, 0.2) is 17.3 Å². The van der Waals surface area contributed by atoms with E-state index >= 15 is 0 Å².